The molecule has 0 radical (unpaired) electrons. The number of aromatic nitrogens is 1. The van der Waals surface area contributed by atoms with Crippen molar-refractivity contribution in [3.63, 3.8) is 0 Å². The summed E-state index contributed by atoms with van der Waals surface area (Å²) in [5, 5.41) is 3.50. The van der Waals surface area contributed by atoms with Gasteiger partial charge in [0.15, 0.2) is 0 Å². The molecule has 2 rings (SSSR count). The van der Waals surface area contributed by atoms with Gasteiger partial charge in [-0.05, 0) is 25.8 Å². The summed E-state index contributed by atoms with van der Waals surface area (Å²) >= 11 is 0. The number of hydrogen-bond acceptors (Lipinski definition) is 4. The number of anilines is 1. The van der Waals surface area contributed by atoms with Crippen LogP contribution < -0.4 is 10.1 Å². The van der Waals surface area contributed by atoms with Gasteiger partial charge < -0.3 is 14.8 Å². The van der Waals surface area contributed by atoms with Gasteiger partial charge >= 0.3 is 0 Å². The number of rotatable bonds is 3. The molecule has 0 atom stereocenters. The molecule has 1 aromatic rings. The van der Waals surface area contributed by atoms with Crippen LogP contribution in [0.1, 0.15) is 18.5 Å². The number of aryl methyl sites for hydroxylation is 1. The predicted octanol–water partition coefficient (Wildman–Crippen LogP) is 1.99. The van der Waals surface area contributed by atoms with E-state index < -0.39 is 0 Å². The molecule has 4 nitrogen and oxygen atoms in total. The molecule has 1 aliphatic rings. The van der Waals surface area contributed by atoms with Crippen LogP contribution in [0.3, 0.4) is 0 Å². The molecule has 0 unspecified atom stereocenters. The first-order valence-electron chi connectivity index (χ1n) is 5.65. The van der Waals surface area contributed by atoms with Crippen LogP contribution >= 0.6 is 0 Å². The van der Waals surface area contributed by atoms with Crippen molar-refractivity contribution in [2.45, 2.75) is 25.8 Å². The highest BCUT2D eigenvalue weighted by molar-refractivity contribution is 5.49. The van der Waals surface area contributed by atoms with Crippen LogP contribution in [0.4, 0.5) is 5.69 Å². The Morgan fingerprint density at radius 1 is 1.38 bits per heavy atom. The fourth-order valence-electron chi connectivity index (χ4n) is 1.87. The number of methoxy groups -OCH3 is 1. The number of pyridine rings is 1. The molecule has 88 valence electrons. The number of hydrogen-bond donors (Lipinski definition) is 1. The minimum Gasteiger partial charge on any atom is -0.481 e. The van der Waals surface area contributed by atoms with E-state index in [9.17, 15) is 0 Å². The zero-order chi connectivity index (χ0) is 11.4. The minimum absolute atomic E-state index is 0.502. The van der Waals surface area contributed by atoms with Gasteiger partial charge in [0.1, 0.15) is 0 Å². The van der Waals surface area contributed by atoms with E-state index in [2.05, 4.69) is 10.3 Å². The van der Waals surface area contributed by atoms with Crippen LogP contribution in [0.25, 0.3) is 0 Å². The van der Waals surface area contributed by atoms with E-state index in [1.54, 1.807) is 7.11 Å². The third kappa shape index (κ3) is 2.64. The van der Waals surface area contributed by atoms with Crippen molar-refractivity contribution in [1.29, 1.82) is 0 Å². The monoisotopic (exact) mass is 222 g/mol. The maximum absolute atomic E-state index is 5.33. The van der Waals surface area contributed by atoms with Crippen LogP contribution in [0, 0.1) is 6.92 Å². The van der Waals surface area contributed by atoms with Gasteiger partial charge in [-0.2, -0.15) is 0 Å². The van der Waals surface area contributed by atoms with Gasteiger partial charge in [-0.3, -0.25) is 0 Å². The summed E-state index contributed by atoms with van der Waals surface area (Å²) in [7, 11) is 1.63. The second kappa shape index (κ2) is 5.16. The van der Waals surface area contributed by atoms with Crippen LogP contribution in [-0.2, 0) is 4.74 Å². The smallest absolute Gasteiger partial charge is 0.213 e. The molecule has 0 saturated carbocycles. The number of nitrogens with zero attached hydrogens (tertiary/aromatic N) is 1. The SMILES string of the molecule is COc1ccc(NC2CCOCC2)c(C)n1. The fraction of sp³-hybridized carbons (Fsp3) is 0.583. The molecule has 0 bridgehead atoms. The van der Waals surface area contributed by atoms with E-state index in [0.29, 0.717) is 11.9 Å². The van der Waals surface area contributed by atoms with E-state index in [1.165, 1.54) is 0 Å². The molecule has 2 heterocycles. The van der Waals surface area contributed by atoms with E-state index >= 15 is 0 Å². The average Bonchev–Trinajstić information content (AvgIpc) is 2.33. The number of nitrogens with one attached hydrogen (secondary N) is 1. The van der Waals surface area contributed by atoms with Gasteiger partial charge in [0.05, 0.1) is 18.5 Å². The first kappa shape index (κ1) is 11.2. The van der Waals surface area contributed by atoms with E-state index in [-0.39, 0.29) is 0 Å². The van der Waals surface area contributed by atoms with Gasteiger partial charge in [-0.1, -0.05) is 0 Å². The van der Waals surface area contributed by atoms with Crippen molar-refractivity contribution in [2.75, 3.05) is 25.6 Å². The van der Waals surface area contributed by atoms with Crippen LogP contribution in [0.2, 0.25) is 0 Å². The second-order valence-corrected chi connectivity index (χ2v) is 4.02. The normalized spacial score (nSPS) is 17.1. The predicted molar refractivity (Wildman–Crippen MR) is 63.0 cm³/mol. The molecule has 1 fully saturated rings. The van der Waals surface area contributed by atoms with E-state index in [0.717, 1.165) is 37.4 Å². The highest BCUT2D eigenvalue weighted by Gasteiger charge is 2.14. The van der Waals surface area contributed by atoms with E-state index in [1.807, 2.05) is 19.1 Å². The molecule has 1 saturated heterocycles. The largest absolute Gasteiger partial charge is 0.481 e. The Labute approximate surface area is 96.0 Å². The Morgan fingerprint density at radius 3 is 2.75 bits per heavy atom. The highest BCUT2D eigenvalue weighted by atomic mass is 16.5. The summed E-state index contributed by atoms with van der Waals surface area (Å²) in [6, 6.07) is 4.41. The highest BCUT2D eigenvalue weighted by Crippen LogP contribution is 2.20. The third-order valence-electron chi connectivity index (χ3n) is 2.85. The number of ether oxygens (including phenoxy) is 2. The summed E-state index contributed by atoms with van der Waals surface area (Å²) in [5.41, 5.74) is 2.07. The lowest BCUT2D eigenvalue weighted by atomic mass is 10.1. The van der Waals surface area contributed by atoms with Crippen molar-refractivity contribution in [2.24, 2.45) is 0 Å². The van der Waals surface area contributed by atoms with Gasteiger partial charge in [0, 0.05) is 25.3 Å². The van der Waals surface area contributed by atoms with Crippen molar-refractivity contribution < 1.29 is 9.47 Å². The molecule has 4 heteroatoms. The van der Waals surface area contributed by atoms with Crippen LogP contribution in [0.5, 0.6) is 5.88 Å². The molecule has 1 N–H and O–H groups in total. The molecular formula is C12H18N2O2. The topological polar surface area (TPSA) is 43.4 Å². The fourth-order valence-corrected chi connectivity index (χ4v) is 1.87. The second-order valence-electron chi connectivity index (χ2n) is 4.02. The van der Waals surface area contributed by atoms with Crippen molar-refractivity contribution in [1.82, 2.24) is 4.98 Å². The van der Waals surface area contributed by atoms with E-state index in [4.69, 9.17) is 9.47 Å². The molecule has 0 spiro atoms. The van der Waals surface area contributed by atoms with Crippen LogP contribution in [0.15, 0.2) is 12.1 Å². The first-order valence-corrected chi connectivity index (χ1v) is 5.65. The summed E-state index contributed by atoms with van der Waals surface area (Å²) in [6.45, 7) is 3.69. The Kier molecular flexibility index (Phi) is 3.62. The lowest BCUT2D eigenvalue weighted by molar-refractivity contribution is 0.0904. The van der Waals surface area contributed by atoms with Gasteiger partial charge in [-0.25, -0.2) is 4.98 Å². The zero-order valence-corrected chi connectivity index (χ0v) is 9.82. The van der Waals surface area contributed by atoms with Gasteiger partial charge in [0.25, 0.3) is 0 Å². The maximum atomic E-state index is 5.33. The lowest BCUT2D eigenvalue weighted by Crippen LogP contribution is -2.28. The molecule has 1 aliphatic heterocycles. The quantitative estimate of drug-likeness (QED) is 0.849. The molecule has 16 heavy (non-hydrogen) atoms. The van der Waals surface area contributed by atoms with Crippen molar-refractivity contribution >= 4 is 5.69 Å². The average molecular weight is 222 g/mol. The molecule has 0 amide bonds. The van der Waals surface area contributed by atoms with Gasteiger partial charge in [0.2, 0.25) is 5.88 Å². The van der Waals surface area contributed by atoms with Crippen molar-refractivity contribution in [3.05, 3.63) is 17.8 Å². The Bertz CT molecular complexity index is 349. The Morgan fingerprint density at radius 2 is 2.12 bits per heavy atom. The molecular weight excluding hydrogens is 204 g/mol. The molecule has 0 aromatic carbocycles. The summed E-state index contributed by atoms with van der Waals surface area (Å²) in [6.07, 6.45) is 2.12. The summed E-state index contributed by atoms with van der Waals surface area (Å²) < 4.78 is 10.4. The summed E-state index contributed by atoms with van der Waals surface area (Å²) in [4.78, 5) is 4.34. The molecule has 1 aromatic heterocycles. The minimum atomic E-state index is 0.502. The Hall–Kier alpha value is -1.29. The van der Waals surface area contributed by atoms with Crippen LogP contribution in [-0.4, -0.2) is 31.3 Å². The first-order chi connectivity index (χ1) is 7.79. The standard InChI is InChI=1S/C12H18N2O2/c1-9-11(3-4-12(13-9)15-2)14-10-5-7-16-8-6-10/h3-4,10,14H,5-8H2,1-2H3. The molecule has 0 aliphatic carbocycles. The zero-order valence-electron chi connectivity index (χ0n) is 9.82. The summed E-state index contributed by atoms with van der Waals surface area (Å²) in [5.74, 6) is 0.662. The Balaban J connectivity index is 2.03. The van der Waals surface area contributed by atoms with Crippen molar-refractivity contribution in [3.8, 4) is 5.88 Å². The third-order valence-corrected chi connectivity index (χ3v) is 2.85. The lowest BCUT2D eigenvalue weighted by Gasteiger charge is -2.24. The maximum Gasteiger partial charge on any atom is 0.213 e. The van der Waals surface area contributed by atoms with Gasteiger partial charge in [-0.15, -0.1) is 0 Å².